The fourth-order valence-electron chi connectivity index (χ4n) is 0.322. The lowest BCUT2D eigenvalue weighted by Gasteiger charge is -1.93. The van der Waals surface area contributed by atoms with Gasteiger partial charge in [-0.1, -0.05) is 36.6 Å². The average Bonchev–Trinajstić information content (AvgIpc) is 1.68. The minimum Gasteiger partial charge on any atom is -0.356 e. The van der Waals surface area contributed by atoms with Crippen molar-refractivity contribution in [1.82, 2.24) is 5.32 Å². The van der Waals surface area contributed by atoms with Crippen LogP contribution in [0.2, 0.25) is 0 Å². The van der Waals surface area contributed by atoms with Gasteiger partial charge in [0.25, 0.3) is 0 Å². The topological polar surface area (TPSA) is 29.1 Å². The van der Waals surface area contributed by atoms with Crippen molar-refractivity contribution in [1.29, 1.82) is 0 Å². The molecule has 0 saturated heterocycles. The fourth-order valence-corrected chi connectivity index (χ4v) is 0.322. The van der Waals surface area contributed by atoms with Gasteiger partial charge in [0.2, 0.25) is 5.91 Å². The lowest BCUT2D eigenvalue weighted by atomic mass is 10.4. The molecule has 0 spiro atoms. The number of rotatable bonds is 2. The van der Waals surface area contributed by atoms with E-state index in [1.807, 2.05) is 13.8 Å². The van der Waals surface area contributed by atoms with Crippen molar-refractivity contribution in [2.45, 2.75) is 50.0 Å². The van der Waals surface area contributed by atoms with E-state index in [1.54, 1.807) is 0 Å². The maximum atomic E-state index is 10.3. The Morgan fingerprint density at radius 2 is 1.45 bits per heavy atom. The molecule has 0 aromatic rings. The number of amides is 1. The van der Waals surface area contributed by atoms with Gasteiger partial charge in [0.1, 0.15) is 0 Å². The Labute approximate surface area is 73.4 Å². The standard InChI is InChI=1S/C5H11NO.4CH4/c1-3-5(7)6-4-2;;;;/h3-4H2,1-2H3,(H,6,7);4*1H4. The van der Waals surface area contributed by atoms with Crippen LogP contribution in [0.4, 0.5) is 0 Å². The molecule has 0 fully saturated rings. The first-order valence-electron chi connectivity index (χ1n) is 2.58. The summed E-state index contributed by atoms with van der Waals surface area (Å²) in [6.07, 6.45) is 0.591. The highest BCUT2D eigenvalue weighted by Gasteiger charge is 1.88. The molecule has 2 nitrogen and oxygen atoms in total. The number of hydrogen-bond acceptors (Lipinski definition) is 1. The second-order valence-corrected chi connectivity index (χ2v) is 1.31. The van der Waals surface area contributed by atoms with Gasteiger partial charge in [-0.05, 0) is 6.92 Å². The first-order valence-corrected chi connectivity index (χ1v) is 2.58. The Hall–Kier alpha value is -0.530. The van der Waals surface area contributed by atoms with Crippen LogP contribution < -0.4 is 5.32 Å². The van der Waals surface area contributed by atoms with Gasteiger partial charge in [-0.25, -0.2) is 0 Å². The molecule has 0 radical (unpaired) electrons. The summed E-state index contributed by atoms with van der Waals surface area (Å²) in [5, 5.41) is 2.66. The average molecular weight is 165 g/mol. The molecule has 0 aliphatic carbocycles. The summed E-state index contributed by atoms with van der Waals surface area (Å²) < 4.78 is 0. The van der Waals surface area contributed by atoms with Gasteiger partial charge in [-0.3, -0.25) is 4.79 Å². The monoisotopic (exact) mass is 165 g/mol. The van der Waals surface area contributed by atoms with Crippen molar-refractivity contribution in [3.63, 3.8) is 0 Å². The van der Waals surface area contributed by atoms with Gasteiger partial charge in [-0.15, -0.1) is 0 Å². The van der Waals surface area contributed by atoms with E-state index in [0.717, 1.165) is 6.54 Å². The largest absolute Gasteiger partial charge is 0.356 e. The predicted molar refractivity (Wildman–Crippen MR) is 55.9 cm³/mol. The Morgan fingerprint density at radius 1 is 1.09 bits per heavy atom. The molecule has 74 valence electrons. The van der Waals surface area contributed by atoms with Crippen LogP contribution in [0.1, 0.15) is 50.0 Å². The van der Waals surface area contributed by atoms with E-state index in [9.17, 15) is 4.79 Å². The van der Waals surface area contributed by atoms with Crippen molar-refractivity contribution < 1.29 is 4.79 Å². The molecule has 1 N–H and O–H groups in total. The normalized spacial score (nSPS) is 5.27. The van der Waals surface area contributed by atoms with Crippen molar-refractivity contribution >= 4 is 5.91 Å². The van der Waals surface area contributed by atoms with Crippen LogP contribution in [0.15, 0.2) is 0 Å². The molecule has 0 saturated carbocycles. The summed E-state index contributed by atoms with van der Waals surface area (Å²) in [4.78, 5) is 10.3. The maximum Gasteiger partial charge on any atom is 0.219 e. The van der Waals surface area contributed by atoms with Gasteiger partial charge in [0.15, 0.2) is 0 Å². The van der Waals surface area contributed by atoms with E-state index < -0.39 is 0 Å². The summed E-state index contributed by atoms with van der Waals surface area (Å²) in [5.41, 5.74) is 0. The fraction of sp³-hybridized carbons (Fsp3) is 0.889. The summed E-state index contributed by atoms with van der Waals surface area (Å²) in [7, 11) is 0. The van der Waals surface area contributed by atoms with Crippen LogP contribution in [0.3, 0.4) is 0 Å². The third-order valence-corrected chi connectivity index (χ3v) is 0.695. The van der Waals surface area contributed by atoms with Crippen LogP contribution in [-0.4, -0.2) is 12.5 Å². The van der Waals surface area contributed by atoms with Crippen molar-refractivity contribution in [3.05, 3.63) is 0 Å². The molecule has 0 atom stereocenters. The van der Waals surface area contributed by atoms with Gasteiger partial charge in [0.05, 0.1) is 0 Å². The highest BCUT2D eigenvalue weighted by Crippen LogP contribution is 1.70. The summed E-state index contributed by atoms with van der Waals surface area (Å²) in [5.74, 6) is 0.127. The van der Waals surface area contributed by atoms with Gasteiger partial charge < -0.3 is 5.32 Å². The summed E-state index contributed by atoms with van der Waals surface area (Å²) >= 11 is 0. The Kier molecular flexibility index (Phi) is 64.8. The third-order valence-electron chi connectivity index (χ3n) is 0.695. The van der Waals surface area contributed by atoms with Crippen LogP contribution in [0, 0.1) is 0 Å². The van der Waals surface area contributed by atoms with Crippen LogP contribution in [-0.2, 0) is 4.79 Å². The minimum atomic E-state index is 0. The molecule has 1 amide bonds. The quantitative estimate of drug-likeness (QED) is 0.669. The molecule has 0 rings (SSSR count). The second-order valence-electron chi connectivity index (χ2n) is 1.31. The van der Waals surface area contributed by atoms with Crippen LogP contribution in [0.5, 0.6) is 0 Å². The highest BCUT2D eigenvalue weighted by molar-refractivity contribution is 5.75. The summed E-state index contributed by atoms with van der Waals surface area (Å²) in [6, 6.07) is 0. The third kappa shape index (κ3) is 26.4. The molecule has 0 aliphatic rings. The molecule has 0 aromatic heterocycles. The SMILES string of the molecule is C.C.C.C.CCNC(=O)CC. The maximum absolute atomic E-state index is 10.3. The second kappa shape index (κ2) is 22.7. The van der Waals surface area contributed by atoms with E-state index in [-0.39, 0.29) is 35.6 Å². The molecule has 0 aliphatic heterocycles. The molecular weight excluding hydrogens is 138 g/mol. The lowest BCUT2D eigenvalue weighted by Crippen LogP contribution is -2.20. The van der Waals surface area contributed by atoms with Crippen LogP contribution >= 0.6 is 0 Å². The molecule has 0 unspecified atom stereocenters. The first-order chi connectivity index (χ1) is 3.31. The molecule has 0 heterocycles. The highest BCUT2D eigenvalue weighted by atomic mass is 16.1. The molecule has 0 aromatic carbocycles. The van der Waals surface area contributed by atoms with E-state index in [2.05, 4.69) is 5.32 Å². The Balaban J connectivity index is -0.0000000300. The van der Waals surface area contributed by atoms with Gasteiger partial charge in [0, 0.05) is 13.0 Å². The number of nitrogens with one attached hydrogen (secondary N) is 1. The predicted octanol–water partition coefficient (Wildman–Crippen LogP) is 3.08. The Morgan fingerprint density at radius 3 is 1.55 bits per heavy atom. The zero-order valence-corrected chi connectivity index (χ0v) is 4.82. The number of carbonyl (C=O) groups excluding carboxylic acids is 1. The zero-order valence-electron chi connectivity index (χ0n) is 4.82. The molecule has 2 heteroatoms. The zero-order chi connectivity index (χ0) is 5.70. The van der Waals surface area contributed by atoms with Crippen molar-refractivity contribution in [2.24, 2.45) is 0 Å². The number of hydrogen-bond donors (Lipinski definition) is 1. The molecule has 11 heavy (non-hydrogen) atoms. The van der Waals surface area contributed by atoms with E-state index in [4.69, 9.17) is 0 Å². The van der Waals surface area contributed by atoms with Gasteiger partial charge >= 0.3 is 0 Å². The first kappa shape index (κ1) is 31.4. The minimum absolute atomic E-state index is 0. The Bertz CT molecular complexity index is 62.6. The van der Waals surface area contributed by atoms with Crippen LogP contribution in [0.25, 0.3) is 0 Å². The lowest BCUT2D eigenvalue weighted by molar-refractivity contribution is -0.120. The van der Waals surface area contributed by atoms with E-state index in [1.165, 1.54) is 0 Å². The number of carbonyl (C=O) groups is 1. The summed E-state index contributed by atoms with van der Waals surface area (Å²) in [6.45, 7) is 4.49. The van der Waals surface area contributed by atoms with E-state index >= 15 is 0 Å². The molecular formula is C9H27NO. The molecule has 0 bridgehead atoms. The van der Waals surface area contributed by atoms with E-state index in [0.29, 0.717) is 6.42 Å². The smallest absolute Gasteiger partial charge is 0.219 e. The van der Waals surface area contributed by atoms with Gasteiger partial charge in [-0.2, -0.15) is 0 Å². The van der Waals surface area contributed by atoms with Crippen molar-refractivity contribution in [3.8, 4) is 0 Å². The van der Waals surface area contributed by atoms with Crippen molar-refractivity contribution in [2.75, 3.05) is 6.54 Å².